The van der Waals surface area contributed by atoms with E-state index < -0.39 is 0 Å². The second-order valence-corrected chi connectivity index (χ2v) is 8.44. The van der Waals surface area contributed by atoms with Crippen LogP contribution in [0.1, 0.15) is 61.6 Å². The number of rotatable bonds is 11. The Morgan fingerprint density at radius 3 is 1.21 bits per heavy atom. The van der Waals surface area contributed by atoms with Gasteiger partial charge in [0, 0.05) is 5.41 Å². The van der Waals surface area contributed by atoms with Crippen LogP contribution < -0.4 is 17.0 Å². The van der Waals surface area contributed by atoms with Crippen molar-refractivity contribution in [2.45, 2.75) is 50.4 Å². The zero-order valence-electron chi connectivity index (χ0n) is 17.4. The van der Waals surface area contributed by atoms with Crippen LogP contribution in [0.15, 0.2) is 91.0 Å². The number of halogens is 1. The van der Waals surface area contributed by atoms with Gasteiger partial charge in [0.2, 0.25) is 0 Å². The third-order valence-electron chi connectivity index (χ3n) is 5.85. The summed E-state index contributed by atoms with van der Waals surface area (Å²) in [7, 11) is 2.10. The van der Waals surface area contributed by atoms with Crippen LogP contribution in [0.4, 0.5) is 0 Å². The average molecular weight is 469 g/mol. The molecule has 0 saturated carbocycles. The molecule has 0 heterocycles. The zero-order valence-corrected chi connectivity index (χ0v) is 20.4. The molecule has 0 fully saturated rings. The summed E-state index contributed by atoms with van der Waals surface area (Å²) in [5.74, 6) is 0. The van der Waals surface area contributed by atoms with Gasteiger partial charge in [0.05, 0.1) is 6.16 Å². The maximum Gasteiger partial charge on any atom is 0.0526 e. The van der Waals surface area contributed by atoms with Crippen molar-refractivity contribution in [3.05, 3.63) is 108 Å². The first kappa shape index (κ1) is 23.8. The van der Waals surface area contributed by atoms with Crippen LogP contribution in [0, 0.1) is 0 Å². The van der Waals surface area contributed by atoms with E-state index in [0.29, 0.717) is 0 Å². The smallest absolute Gasteiger partial charge is 0.0526 e. The average Bonchev–Trinajstić information content (AvgIpc) is 2.78. The monoisotopic (exact) mass is 468 g/mol. The highest BCUT2D eigenvalue weighted by atomic mass is 79.9. The van der Waals surface area contributed by atoms with E-state index in [4.69, 9.17) is 0 Å². The second-order valence-electron chi connectivity index (χ2n) is 7.73. The zero-order chi connectivity index (χ0) is 19.5. The molecule has 0 aliphatic rings. The molecule has 0 aromatic heterocycles. The van der Waals surface area contributed by atoms with Crippen molar-refractivity contribution in [2.24, 2.45) is 0 Å². The molecule has 3 aromatic rings. The number of hydrogen-bond donors (Lipinski definition) is 0. The second kappa shape index (κ2) is 13.0. The molecule has 1 unspecified atom stereocenters. The van der Waals surface area contributed by atoms with Gasteiger partial charge in [0.25, 0.3) is 0 Å². The van der Waals surface area contributed by atoms with Crippen LogP contribution in [-0.2, 0) is 5.41 Å². The normalized spacial score (nSPS) is 11.2. The molecule has 29 heavy (non-hydrogen) atoms. The van der Waals surface area contributed by atoms with Gasteiger partial charge in [-0.25, -0.2) is 0 Å². The van der Waals surface area contributed by atoms with E-state index in [1.54, 1.807) is 0 Å². The first-order chi connectivity index (χ1) is 13.9. The number of unbranched alkanes of at least 4 members (excludes halogenated alkanes) is 5. The van der Waals surface area contributed by atoms with Gasteiger partial charge in [-0.15, -0.1) is 0 Å². The summed E-state index contributed by atoms with van der Waals surface area (Å²) < 4.78 is 0. The van der Waals surface area contributed by atoms with Gasteiger partial charge < -0.3 is 17.0 Å². The van der Waals surface area contributed by atoms with Gasteiger partial charge >= 0.3 is 0 Å². The van der Waals surface area contributed by atoms with E-state index in [1.165, 1.54) is 61.4 Å². The van der Waals surface area contributed by atoms with Crippen molar-refractivity contribution in [3.63, 3.8) is 0 Å². The van der Waals surface area contributed by atoms with Crippen molar-refractivity contribution >= 4 is 9.24 Å². The fourth-order valence-corrected chi connectivity index (χ4v) is 4.73. The fourth-order valence-electron chi connectivity index (χ4n) is 4.38. The summed E-state index contributed by atoms with van der Waals surface area (Å²) in [4.78, 5) is 0. The molecule has 0 N–H and O–H groups in total. The molecule has 0 spiro atoms. The molecule has 0 amide bonds. The van der Waals surface area contributed by atoms with E-state index in [1.807, 2.05) is 0 Å². The molecule has 1 atom stereocenters. The van der Waals surface area contributed by atoms with Crippen LogP contribution >= 0.6 is 9.24 Å². The first-order valence-corrected chi connectivity index (χ1v) is 11.8. The molecule has 0 radical (unpaired) electrons. The number of hydrogen-bond acceptors (Lipinski definition) is 0. The molecule has 0 nitrogen and oxygen atoms in total. The van der Waals surface area contributed by atoms with Crippen LogP contribution in [-0.4, -0.2) is 6.16 Å². The van der Waals surface area contributed by atoms with Gasteiger partial charge in [0.1, 0.15) is 0 Å². The summed E-state index contributed by atoms with van der Waals surface area (Å²) in [6.07, 6.45) is 10.6. The highest BCUT2D eigenvalue weighted by Crippen LogP contribution is 2.43. The highest BCUT2D eigenvalue weighted by molar-refractivity contribution is 7.16. The van der Waals surface area contributed by atoms with Crippen LogP contribution in [0.25, 0.3) is 0 Å². The summed E-state index contributed by atoms with van der Waals surface area (Å²) in [5.41, 5.74) is 4.13. The lowest BCUT2D eigenvalue weighted by Gasteiger charge is -2.36. The van der Waals surface area contributed by atoms with Gasteiger partial charge in [-0.2, -0.15) is 0 Å². The summed E-state index contributed by atoms with van der Waals surface area (Å²) in [6.45, 7) is 0. The van der Waals surface area contributed by atoms with Crippen LogP contribution in [0.2, 0.25) is 0 Å². The first-order valence-electron chi connectivity index (χ1n) is 10.8. The predicted octanol–water partition coefficient (Wildman–Crippen LogP) is 4.36. The fraction of sp³-hybridized carbons (Fsp3) is 0.333. The Kier molecular flexibility index (Phi) is 10.7. The topological polar surface area (TPSA) is 0 Å². The van der Waals surface area contributed by atoms with Crippen molar-refractivity contribution in [1.82, 2.24) is 0 Å². The Balaban J connectivity index is 0.00000300. The standard InChI is InChI=1S/C27H33P.BrH/c28-23-15-4-2-1-3-14-22-27(24-16-8-5-9-17-24,25-18-10-6-11-19-25)26-20-12-7-13-21-26;/h5-13,16-21H,1-4,14-15,22-23,28H2;1H. The van der Waals surface area contributed by atoms with Gasteiger partial charge in [-0.1, -0.05) is 117 Å². The maximum absolute atomic E-state index is 2.31. The summed E-state index contributed by atoms with van der Waals surface area (Å²) in [5, 5.41) is 0. The molecule has 3 aromatic carbocycles. The molecule has 0 aliphatic carbocycles. The molecule has 0 bridgehead atoms. The molecule has 0 aliphatic heterocycles. The van der Waals surface area contributed by atoms with Gasteiger partial charge in [0.15, 0.2) is 0 Å². The molecular weight excluding hydrogens is 435 g/mol. The molecule has 154 valence electrons. The van der Waals surface area contributed by atoms with Gasteiger partial charge in [-0.05, 0) is 45.2 Å². The van der Waals surface area contributed by atoms with Crippen molar-refractivity contribution < 1.29 is 17.0 Å². The lowest BCUT2D eigenvalue weighted by atomic mass is 9.66. The molecule has 2 heteroatoms. The largest absolute Gasteiger partial charge is 1.00 e. The Morgan fingerprint density at radius 1 is 0.483 bits per heavy atom. The van der Waals surface area contributed by atoms with Crippen LogP contribution in [0.3, 0.4) is 0 Å². The minimum absolute atomic E-state index is 0. The molecule has 3 rings (SSSR count). The molecule has 0 saturated heterocycles. The summed E-state index contributed by atoms with van der Waals surface area (Å²) >= 11 is 0. The van der Waals surface area contributed by atoms with E-state index in [9.17, 15) is 0 Å². The van der Waals surface area contributed by atoms with Crippen molar-refractivity contribution in [3.8, 4) is 0 Å². The van der Waals surface area contributed by atoms with E-state index in [0.717, 1.165) is 6.42 Å². The van der Waals surface area contributed by atoms with Crippen LogP contribution in [0.5, 0.6) is 0 Å². The van der Waals surface area contributed by atoms with E-state index >= 15 is 0 Å². The quantitative estimate of drug-likeness (QED) is 0.222. The lowest BCUT2D eigenvalue weighted by molar-refractivity contribution is -0.00000555. The van der Waals surface area contributed by atoms with Crippen molar-refractivity contribution in [2.75, 3.05) is 6.16 Å². The SMILES string of the molecule is [Br-].[PH3+]CCCCCCCCC(c1ccccc1)(c1ccccc1)c1ccccc1. The van der Waals surface area contributed by atoms with Gasteiger partial charge in [-0.3, -0.25) is 0 Å². The minimum atomic E-state index is -0.0751. The third kappa shape index (κ3) is 6.27. The Hall–Kier alpha value is -1.43. The third-order valence-corrected chi connectivity index (χ3v) is 6.35. The molecular formula is C27H34BrP. The van der Waals surface area contributed by atoms with E-state index in [2.05, 4.69) is 100 Å². The summed E-state index contributed by atoms with van der Waals surface area (Å²) in [6, 6.07) is 33.3. The highest BCUT2D eigenvalue weighted by Gasteiger charge is 2.35. The maximum atomic E-state index is 2.31. The Bertz CT molecular complexity index is 690. The Morgan fingerprint density at radius 2 is 0.828 bits per heavy atom. The van der Waals surface area contributed by atoms with E-state index in [-0.39, 0.29) is 22.4 Å². The number of benzene rings is 3. The Labute approximate surface area is 190 Å². The predicted molar refractivity (Wildman–Crippen MR) is 127 cm³/mol. The minimum Gasteiger partial charge on any atom is -1.00 e. The van der Waals surface area contributed by atoms with Crippen molar-refractivity contribution in [1.29, 1.82) is 0 Å². The lowest BCUT2D eigenvalue weighted by Crippen LogP contribution is -3.00.